The van der Waals surface area contributed by atoms with E-state index in [0.717, 1.165) is 36.0 Å². The zero-order valence-electron chi connectivity index (χ0n) is 16.3. The van der Waals surface area contributed by atoms with Crippen LogP contribution in [0, 0.1) is 0 Å². The highest BCUT2D eigenvalue weighted by Crippen LogP contribution is 2.19. The fourth-order valence-electron chi connectivity index (χ4n) is 3.75. The third-order valence-corrected chi connectivity index (χ3v) is 5.29. The van der Waals surface area contributed by atoms with Gasteiger partial charge in [-0.1, -0.05) is 36.8 Å². The van der Waals surface area contributed by atoms with Gasteiger partial charge in [0, 0.05) is 18.3 Å². The standard InChI is InChI=1S/C21H24N8/c1-3-7-17(8-4-1)21-25-24-20-10-9-19(26-29(20)21)23-18-15-22-28(16-18)14-13-27-11-5-2-6-12-27/h1,3-4,7-10,15-16H,2,5-6,11-14H2,(H,23,26). The van der Waals surface area contributed by atoms with Crippen LogP contribution in [0.15, 0.2) is 54.9 Å². The second-order valence-electron chi connectivity index (χ2n) is 7.40. The molecule has 8 nitrogen and oxygen atoms in total. The van der Waals surface area contributed by atoms with E-state index in [2.05, 4.69) is 30.6 Å². The van der Waals surface area contributed by atoms with E-state index in [1.54, 1.807) is 4.52 Å². The molecule has 1 aliphatic rings. The quantitative estimate of drug-likeness (QED) is 0.547. The van der Waals surface area contributed by atoms with Crippen molar-refractivity contribution >= 4 is 17.2 Å². The van der Waals surface area contributed by atoms with Crippen LogP contribution in [0.1, 0.15) is 19.3 Å². The first-order chi connectivity index (χ1) is 14.3. The maximum Gasteiger partial charge on any atom is 0.185 e. The minimum Gasteiger partial charge on any atom is -0.336 e. The van der Waals surface area contributed by atoms with Gasteiger partial charge >= 0.3 is 0 Å². The minimum absolute atomic E-state index is 0.714. The fourth-order valence-corrected chi connectivity index (χ4v) is 3.75. The zero-order valence-corrected chi connectivity index (χ0v) is 16.3. The molecule has 0 unspecified atom stereocenters. The molecule has 1 aliphatic heterocycles. The largest absolute Gasteiger partial charge is 0.336 e. The Hall–Kier alpha value is -3.26. The average Bonchev–Trinajstić information content (AvgIpc) is 3.40. The van der Waals surface area contributed by atoms with Crippen LogP contribution in [-0.2, 0) is 6.54 Å². The van der Waals surface area contributed by atoms with Crippen molar-refractivity contribution in [3.8, 4) is 11.4 Å². The summed E-state index contributed by atoms with van der Waals surface area (Å²) >= 11 is 0. The number of rotatable bonds is 6. The predicted octanol–water partition coefficient (Wildman–Crippen LogP) is 3.22. The Morgan fingerprint density at radius 1 is 0.897 bits per heavy atom. The first kappa shape index (κ1) is 17.8. The third kappa shape index (κ3) is 3.97. The summed E-state index contributed by atoms with van der Waals surface area (Å²) in [5, 5.41) is 21.0. The molecule has 0 saturated carbocycles. The van der Waals surface area contributed by atoms with Gasteiger partial charge in [0.05, 0.1) is 18.4 Å². The molecule has 0 spiro atoms. The van der Waals surface area contributed by atoms with E-state index >= 15 is 0 Å². The monoisotopic (exact) mass is 388 g/mol. The molecule has 148 valence electrons. The van der Waals surface area contributed by atoms with Crippen LogP contribution in [0.25, 0.3) is 17.0 Å². The Morgan fingerprint density at radius 2 is 1.76 bits per heavy atom. The molecule has 0 atom stereocenters. The molecular formula is C21H24N8. The van der Waals surface area contributed by atoms with Gasteiger partial charge in [0.2, 0.25) is 0 Å². The lowest BCUT2D eigenvalue weighted by Crippen LogP contribution is -2.32. The fraction of sp³-hybridized carbons (Fsp3) is 0.333. The second-order valence-corrected chi connectivity index (χ2v) is 7.40. The van der Waals surface area contributed by atoms with Gasteiger partial charge < -0.3 is 10.2 Å². The number of aromatic nitrogens is 6. The van der Waals surface area contributed by atoms with Crippen molar-refractivity contribution < 1.29 is 0 Å². The molecule has 1 saturated heterocycles. The molecular weight excluding hydrogens is 364 g/mol. The minimum atomic E-state index is 0.714. The highest BCUT2D eigenvalue weighted by molar-refractivity contribution is 5.61. The highest BCUT2D eigenvalue weighted by atomic mass is 15.4. The molecule has 8 heteroatoms. The molecule has 4 heterocycles. The van der Waals surface area contributed by atoms with Gasteiger partial charge in [0.1, 0.15) is 0 Å². The number of fused-ring (bicyclic) bond motifs is 1. The predicted molar refractivity (Wildman–Crippen MR) is 112 cm³/mol. The number of hydrogen-bond donors (Lipinski definition) is 1. The smallest absolute Gasteiger partial charge is 0.185 e. The summed E-state index contributed by atoms with van der Waals surface area (Å²) in [6, 6.07) is 13.8. The number of nitrogens with zero attached hydrogens (tertiary/aromatic N) is 7. The van der Waals surface area contributed by atoms with Gasteiger partial charge in [-0.05, 0) is 38.1 Å². The Kier molecular flexibility index (Phi) is 4.92. The molecule has 0 amide bonds. The molecule has 29 heavy (non-hydrogen) atoms. The molecule has 3 aromatic heterocycles. The summed E-state index contributed by atoms with van der Waals surface area (Å²) in [6.45, 7) is 4.36. The second kappa shape index (κ2) is 8.00. The highest BCUT2D eigenvalue weighted by Gasteiger charge is 2.11. The summed E-state index contributed by atoms with van der Waals surface area (Å²) in [5.74, 6) is 1.45. The van der Waals surface area contributed by atoms with Crippen LogP contribution >= 0.6 is 0 Å². The Labute approximate surface area is 169 Å². The zero-order chi connectivity index (χ0) is 19.5. The summed E-state index contributed by atoms with van der Waals surface area (Å²) in [6.07, 6.45) is 7.86. The number of hydrogen-bond acceptors (Lipinski definition) is 6. The lowest BCUT2D eigenvalue weighted by atomic mass is 10.1. The van der Waals surface area contributed by atoms with Gasteiger partial charge in [-0.25, -0.2) is 0 Å². The first-order valence-corrected chi connectivity index (χ1v) is 10.1. The van der Waals surface area contributed by atoms with Crippen LogP contribution in [0.4, 0.5) is 11.5 Å². The van der Waals surface area contributed by atoms with Crippen molar-refractivity contribution in [2.45, 2.75) is 25.8 Å². The molecule has 1 aromatic carbocycles. The molecule has 0 aliphatic carbocycles. The van der Waals surface area contributed by atoms with Crippen LogP contribution < -0.4 is 5.32 Å². The topological polar surface area (TPSA) is 76.2 Å². The Bertz CT molecular complexity index is 1080. The van der Waals surface area contributed by atoms with E-state index < -0.39 is 0 Å². The van der Waals surface area contributed by atoms with E-state index in [1.807, 2.05) is 59.5 Å². The van der Waals surface area contributed by atoms with E-state index in [1.165, 1.54) is 32.4 Å². The number of likely N-dealkylation sites (tertiary alicyclic amines) is 1. The van der Waals surface area contributed by atoms with Crippen molar-refractivity contribution in [2.24, 2.45) is 0 Å². The maximum absolute atomic E-state index is 4.67. The lowest BCUT2D eigenvalue weighted by molar-refractivity contribution is 0.218. The van der Waals surface area contributed by atoms with Crippen molar-refractivity contribution in [1.29, 1.82) is 0 Å². The normalized spacial score (nSPS) is 15.0. The number of piperidine rings is 1. The van der Waals surface area contributed by atoms with Crippen molar-refractivity contribution in [2.75, 3.05) is 25.0 Å². The van der Waals surface area contributed by atoms with Gasteiger partial charge in [-0.15, -0.1) is 15.3 Å². The van der Waals surface area contributed by atoms with Crippen molar-refractivity contribution in [3.05, 3.63) is 54.9 Å². The molecule has 1 N–H and O–H groups in total. The maximum atomic E-state index is 4.67. The van der Waals surface area contributed by atoms with Crippen LogP contribution in [-0.4, -0.2) is 54.1 Å². The molecule has 5 rings (SSSR count). The third-order valence-electron chi connectivity index (χ3n) is 5.29. The molecule has 4 aromatic rings. The van der Waals surface area contributed by atoms with Gasteiger partial charge in [-0.2, -0.15) is 9.61 Å². The summed E-state index contributed by atoms with van der Waals surface area (Å²) in [4.78, 5) is 2.52. The number of nitrogens with one attached hydrogen (secondary N) is 1. The van der Waals surface area contributed by atoms with Crippen molar-refractivity contribution in [3.63, 3.8) is 0 Å². The number of anilines is 2. The first-order valence-electron chi connectivity index (χ1n) is 10.1. The van der Waals surface area contributed by atoms with Crippen LogP contribution in [0.2, 0.25) is 0 Å². The van der Waals surface area contributed by atoms with E-state index in [4.69, 9.17) is 0 Å². The van der Waals surface area contributed by atoms with Gasteiger partial charge in [0.15, 0.2) is 17.3 Å². The SMILES string of the molecule is c1ccc(-c2nnc3ccc(Nc4cnn(CCN5CCCCC5)c4)nn23)cc1. The van der Waals surface area contributed by atoms with Gasteiger partial charge in [-0.3, -0.25) is 4.68 Å². The summed E-state index contributed by atoms with van der Waals surface area (Å²) in [5.41, 5.74) is 2.62. The molecule has 0 bridgehead atoms. The van der Waals surface area contributed by atoms with Crippen LogP contribution in [0.3, 0.4) is 0 Å². The van der Waals surface area contributed by atoms with Gasteiger partial charge in [0.25, 0.3) is 0 Å². The average molecular weight is 388 g/mol. The Morgan fingerprint density at radius 3 is 2.62 bits per heavy atom. The van der Waals surface area contributed by atoms with Crippen molar-refractivity contribution in [1.82, 2.24) is 34.5 Å². The Balaban J connectivity index is 1.30. The summed E-state index contributed by atoms with van der Waals surface area (Å²) < 4.78 is 3.75. The molecule has 0 radical (unpaired) electrons. The lowest BCUT2D eigenvalue weighted by Gasteiger charge is -2.26. The van der Waals surface area contributed by atoms with E-state index in [9.17, 15) is 0 Å². The number of benzene rings is 1. The van der Waals surface area contributed by atoms with E-state index in [-0.39, 0.29) is 0 Å². The van der Waals surface area contributed by atoms with E-state index in [0.29, 0.717) is 5.65 Å². The molecule has 1 fully saturated rings. The summed E-state index contributed by atoms with van der Waals surface area (Å²) in [7, 11) is 0. The van der Waals surface area contributed by atoms with Crippen LogP contribution in [0.5, 0.6) is 0 Å².